The van der Waals surface area contributed by atoms with E-state index in [1.165, 1.54) is 29.8 Å². The third-order valence-electron chi connectivity index (χ3n) is 7.54. The van der Waals surface area contributed by atoms with Gasteiger partial charge < -0.3 is 19.7 Å². The van der Waals surface area contributed by atoms with Gasteiger partial charge in [-0.25, -0.2) is 27.2 Å². The van der Waals surface area contributed by atoms with Gasteiger partial charge in [0.1, 0.15) is 23.0 Å². The highest BCUT2D eigenvalue weighted by Gasteiger charge is 2.39. The quantitative estimate of drug-likeness (QED) is 0.416. The van der Waals surface area contributed by atoms with E-state index in [1.807, 2.05) is 6.07 Å². The average Bonchev–Trinajstić information content (AvgIpc) is 3.79. The van der Waals surface area contributed by atoms with Crippen molar-refractivity contribution in [2.45, 2.75) is 25.4 Å². The fraction of sp³-hybridized carbons (Fsp3) is 0.393. The van der Waals surface area contributed by atoms with Crippen molar-refractivity contribution in [3.8, 4) is 22.8 Å². The van der Waals surface area contributed by atoms with Crippen LogP contribution in [-0.2, 0) is 21.4 Å². The fourth-order valence-corrected chi connectivity index (χ4v) is 6.17. The van der Waals surface area contributed by atoms with Crippen LogP contribution < -0.4 is 19.7 Å². The third-order valence-corrected chi connectivity index (χ3v) is 8.84. The van der Waals surface area contributed by atoms with Crippen molar-refractivity contribution in [3.05, 3.63) is 53.7 Å². The summed E-state index contributed by atoms with van der Waals surface area (Å²) in [6.45, 7) is 2.24. The standard InChI is InChI=1S/C28H30F2N6O5S/c1-40-24-12-18(29)3-6-21(24)26-22(30)14-31-28(33-26)32-19-11-17(15-34-7-9-35(10-8-34)42(2,38)39)27-23(13-19)36(20-4-5-20)25(37)16-41-27/h3,6,11-14,20H,4-5,7-10,15-16H2,1-2H3,(H,31,32,33). The summed E-state index contributed by atoms with van der Waals surface area (Å²) in [4.78, 5) is 25.2. The number of anilines is 3. The molecule has 1 aromatic heterocycles. The molecule has 42 heavy (non-hydrogen) atoms. The number of nitrogens with zero attached hydrogens (tertiary/aromatic N) is 5. The largest absolute Gasteiger partial charge is 0.496 e. The Morgan fingerprint density at radius 3 is 2.57 bits per heavy atom. The highest BCUT2D eigenvalue weighted by molar-refractivity contribution is 7.88. The summed E-state index contributed by atoms with van der Waals surface area (Å²) >= 11 is 0. The first-order valence-corrected chi connectivity index (χ1v) is 15.4. The van der Waals surface area contributed by atoms with Crippen LogP contribution in [0.5, 0.6) is 11.5 Å². The van der Waals surface area contributed by atoms with Crippen LogP contribution in [0.4, 0.5) is 26.1 Å². The first-order chi connectivity index (χ1) is 20.1. The minimum atomic E-state index is -3.27. The Balaban J connectivity index is 1.34. The second-order valence-electron chi connectivity index (χ2n) is 10.6. The smallest absolute Gasteiger partial charge is 0.265 e. The monoisotopic (exact) mass is 600 g/mol. The zero-order valence-electron chi connectivity index (χ0n) is 23.1. The zero-order valence-corrected chi connectivity index (χ0v) is 24.0. The molecule has 2 aliphatic heterocycles. The fourth-order valence-electron chi connectivity index (χ4n) is 5.34. The second kappa shape index (κ2) is 11.1. The molecule has 3 heterocycles. The molecule has 3 aromatic rings. The van der Waals surface area contributed by atoms with Gasteiger partial charge in [0.05, 0.1) is 25.2 Å². The lowest BCUT2D eigenvalue weighted by molar-refractivity contribution is -0.121. The van der Waals surface area contributed by atoms with E-state index < -0.39 is 21.7 Å². The number of fused-ring (bicyclic) bond motifs is 1. The first-order valence-electron chi connectivity index (χ1n) is 13.5. The molecule has 1 aliphatic carbocycles. The Bertz CT molecular complexity index is 1640. The van der Waals surface area contributed by atoms with Crippen molar-refractivity contribution in [3.63, 3.8) is 0 Å². The number of amides is 1. The SMILES string of the molecule is COc1cc(F)ccc1-c1nc(Nc2cc(CN3CCN(S(C)(=O)=O)CC3)c3c(c2)N(C2CC2)C(=O)CO3)ncc1F. The van der Waals surface area contributed by atoms with E-state index in [0.717, 1.165) is 30.7 Å². The van der Waals surface area contributed by atoms with E-state index in [-0.39, 0.29) is 41.5 Å². The number of ether oxygens (including phenoxy) is 2. The number of carbonyl (C=O) groups excluding carboxylic acids is 1. The number of rotatable bonds is 8. The van der Waals surface area contributed by atoms with E-state index in [0.29, 0.717) is 49.8 Å². The molecule has 0 bridgehead atoms. The number of aromatic nitrogens is 2. The van der Waals surface area contributed by atoms with Gasteiger partial charge in [0, 0.05) is 61.6 Å². The molecule has 1 amide bonds. The number of halogens is 2. The topological polar surface area (TPSA) is 117 Å². The summed E-state index contributed by atoms with van der Waals surface area (Å²) in [7, 11) is -1.90. The van der Waals surface area contributed by atoms with Crippen LogP contribution in [0, 0.1) is 11.6 Å². The van der Waals surface area contributed by atoms with Gasteiger partial charge in [-0.2, -0.15) is 4.31 Å². The Kier molecular flexibility index (Phi) is 7.45. The highest BCUT2D eigenvalue weighted by Crippen LogP contribution is 2.44. The van der Waals surface area contributed by atoms with E-state index in [1.54, 1.807) is 11.0 Å². The number of carbonyl (C=O) groups is 1. The number of hydrogen-bond acceptors (Lipinski definition) is 9. The predicted octanol–water partition coefficient (Wildman–Crippen LogP) is 3.14. The van der Waals surface area contributed by atoms with Crippen molar-refractivity contribution < 1.29 is 31.5 Å². The molecule has 6 rings (SSSR count). The molecule has 0 atom stereocenters. The van der Waals surface area contributed by atoms with Crippen molar-refractivity contribution in [1.29, 1.82) is 0 Å². The number of piperazine rings is 1. The molecule has 14 heteroatoms. The molecular formula is C28H30F2N6O5S. The van der Waals surface area contributed by atoms with Crippen LogP contribution >= 0.6 is 0 Å². The van der Waals surface area contributed by atoms with Gasteiger partial charge >= 0.3 is 0 Å². The molecule has 222 valence electrons. The molecule has 1 saturated carbocycles. The van der Waals surface area contributed by atoms with Gasteiger partial charge in [0.25, 0.3) is 5.91 Å². The number of benzene rings is 2. The van der Waals surface area contributed by atoms with Crippen molar-refractivity contribution in [2.24, 2.45) is 0 Å². The maximum absolute atomic E-state index is 14.8. The number of methoxy groups -OCH3 is 1. The summed E-state index contributed by atoms with van der Waals surface area (Å²) < 4.78 is 65.2. The summed E-state index contributed by atoms with van der Waals surface area (Å²) in [6.07, 6.45) is 4.03. The Morgan fingerprint density at radius 1 is 1.12 bits per heavy atom. The van der Waals surface area contributed by atoms with Crippen LogP contribution in [-0.4, -0.2) is 85.7 Å². The molecular weight excluding hydrogens is 570 g/mol. The number of hydrogen-bond donors (Lipinski definition) is 1. The van der Waals surface area contributed by atoms with Crippen molar-refractivity contribution >= 4 is 33.3 Å². The van der Waals surface area contributed by atoms with Gasteiger partial charge in [-0.1, -0.05) is 0 Å². The van der Waals surface area contributed by atoms with Crippen LogP contribution in [0.1, 0.15) is 18.4 Å². The lowest BCUT2D eigenvalue weighted by Crippen LogP contribution is -2.48. The summed E-state index contributed by atoms with van der Waals surface area (Å²) in [5, 5.41) is 3.14. The van der Waals surface area contributed by atoms with Crippen LogP contribution in [0.15, 0.2) is 36.5 Å². The van der Waals surface area contributed by atoms with E-state index >= 15 is 0 Å². The Hall–Kier alpha value is -3.88. The molecule has 2 fully saturated rings. The van der Waals surface area contributed by atoms with E-state index in [9.17, 15) is 22.0 Å². The molecule has 3 aliphatic rings. The zero-order chi connectivity index (χ0) is 29.6. The van der Waals surface area contributed by atoms with Crippen LogP contribution in [0.2, 0.25) is 0 Å². The average molecular weight is 601 g/mol. The molecule has 0 radical (unpaired) electrons. The van der Waals surface area contributed by atoms with Crippen molar-refractivity contribution in [2.75, 3.05) is 56.4 Å². The summed E-state index contributed by atoms with van der Waals surface area (Å²) in [5.41, 5.74) is 2.20. The second-order valence-corrected chi connectivity index (χ2v) is 12.5. The van der Waals surface area contributed by atoms with E-state index in [4.69, 9.17) is 9.47 Å². The van der Waals surface area contributed by atoms with Crippen molar-refractivity contribution in [1.82, 2.24) is 19.2 Å². The molecule has 11 nitrogen and oxygen atoms in total. The summed E-state index contributed by atoms with van der Waals surface area (Å²) in [5.74, 6) is -0.538. The summed E-state index contributed by atoms with van der Waals surface area (Å²) in [6, 6.07) is 7.50. The molecule has 0 spiro atoms. The lowest BCUT2D eigenvalue weighted by atomic mass is 10.1. The minimum absolute atomic E-state index is 0.0604. The molecule has 2 aromatic carbocycles. The maximum Gasteiger partial charge on any atom is 0.265 e. The van der Waals surface area contributed by atoms with Crippen LogP contribution in [0.3, 0.4) is 0 Å². The minimum Gasteiger partial charge on any atom is -0.496 e. The third kappa shape index (κ3) is 5.74. The van der Waals surface area contributed by atoms with Gasteiger partial charge in [-0.15, -0.1) is 0 Å². The normalized spacial score (nSPS) is 18.0. The van der Waals surface area contributed by atoms with Crippen LogP contribution in [0.25, 0.3) is 11.3 Å². The Labute approximate surface area is 242 Å². The lowest BCUT2D eigenvalue weighted by Gasteiger charge is -2.35. The molecule has 0 unspecified atom stereocenters. The molecule has 1 N–H and O–H groups in total. The Morgan fingerprint density at radius 2 is 1.88 bits per heavy atom. The first kappa shape index (κ1) is 28.2. The number of nitrogens with one attached hydrogen (secondary N) is 1. The highest BCUT2D eigenvalue weighted by atomic mass is 32.2. The van der Waals surface area contributed by atoms with Gasteiger partial charge in [-0.05, 0) is 37.1 Å². The van der Waals surface area contributed by atoms with Gasteiger partial charge in [0.2, 0.25) is 16.0 Å². The molecule has 1 saturated heterocycles. The van der Waals surface area contributed by atoms with E-state index in [2.05, 4.69) is 20.2 Å². The van der Waals surface area contributed by atoms with Gasteiger partial charge in [-0.3, -0.25) is 9.69 Å². The maximum atomic E-state index is 14.8. The van der Waals surface area contributed by atoms with Gasteiger partial charge in [0.15, 0.2) is 12.4 Å². The number of sulfonamides is 1. The predicted molar refractivity (Wildman–Crippen MR) is 151 cm³/mol.